The van der Waals surface area contributed by atoms with Crippen molar-refractivity contribution in [3.8, 4) is 0 Å². The summed E-state index contributed by atoms with van der Waals surface area (Å²) in [7, 11) is 0. The maximum atomic E-state index is 12.4. The molecule has 0 spiro atoms. The van der Waals surface area contributed by atoms with E-state index in [9.17, 15) is 14.7 Å². The van der Waals surface area contributed by atoms with Crippen molar-refractivity contribution in [3.05, 3.63) is 22.4 Å². The van der Waals surface area contributed by atoms with Gasteiger partial charge in [-0.2, -0.15) is 0 Å². The lowest BCUT2D eigenvalue weighted by Crippen LogP contribution is -2.41. The van der Waals surface area contributed by atoms with Crippen LogP contribution in [-0.4, -0.2) is 23.5 Å². The minimum absolute atomic E-state index is 0.114. The maximum absolute atomic E-state index is 12.4. The van der Waals surface area contributed by atoms with Crippen LogP contribution >= 0.6 is 11.3 Å². The van der Waals surface area contributed by atoms with Gasteiger partial charge in [0.15, 0.2) is 0 Å². The lowest BCUT2D eigenvalue weighted by atomic mass is 9.90. The van der Waals surface area contributed by atoms with Crippen LogP contribution in [0.1, 0.15) is 38.5 Å². The molecule has 4 nitrogen and oxygen atoms in total. The molecular formula is C16H23NO3S. The van der Waals surface area contributed by atoms with Crippen LogP contribution in [0.5, 0.6) is 0 Å². The summed E-state index contributed by atoms with van der Waals surface area (Å²) in [4.78, 5) is 24.8. The number of thiophene rings is 1. The number of carboxylic acids is 1. The first kappa shape index (κ1) is 16.0. The smallest absolute Gasteiger partial charge is 0.307 e. The van der Waals surface area contributed by atoms with Gasteiger partial charge in [-0.05, 0) is 30.2 Å². The summed E-state index contributed by atoms with van der Waals surface area (Å²) in [6.07, 6.45) is 1.27. The van der Waals surface area contributed by atoms with Gasteiger partial charge in [0.1, 0.15) is 0 Å². The molecule has 1 fully saturated rings. The predicted octanol–water partition coefficient (Wildman–Crippen LogP) is 2.89. The van der Waals surface area contributed by atoms with E-state index in [2.05, 4.69) is 25.2 Å². The Morgan fingerprint density at radius 1 is 1.38 bits per heavy atom. The fourth-order valence-corrected chi connectivity index (χ4v) is 3.90. The summed E-state index contributed by atoms with van der Waals surface area (Å²) in [5.41, 5.74) is -0.132. The number of aliphatic carboxylic acids is 1. The molecule has 2 rings (SSSR count). The molecule has 1 aromatic heterocycles. The molecule has 2 N–H and O–H groups in total. The van der Waals surface area contributed by atoms with Gasteiger partial charge < -0.3 is 10.4 Å². The summed E-state index contributed by atoms with van der Waals surface area (Å²) < 4.78 is 0. The fraction of sp³-hybridized carbons (Fsp3) is 0.625. The molecule has 1 aliphatic rings. The Bertz CT molecular complexity index is 510. The zero-order valence-corrected chi connectivity index (χ0v) is 13.6. The third kappa shape index (κ3) is 3.64. The van der Waals surface area contributed by atoms with Crippen molar-refractivity contribution in [2.45, 2.75) is 39.0 Å². The van der Waals surface area contributed by atoms with E-state index in [1.54, 1.807) is 11.3 Å². The van der Waals surface area contributed by atoms with Crippen LogP contribution in [0.25, 0.3) is 0 Å². The first-order valence-electron chi connectivity index (χ1n) is 7.36. The topological polar surface area (TPSA) is 66.4 Å². The molecule has 1 aromatic rings. The summed E-state index contributed by atoms with van der Waals surface area (Å²) in [5.74, 6) is -1.60. The maximum Gasteiger partial charge on any atom is 0.307 e. The highest BCUT2D eigenvalue weighted by Crippen LogP contribution is 2.36. The zero-order chi connectivity index (χ0) is 15.6. The van der Waals surface area contributed by atoms with E-state index >= 15 is 0 Å². The molecule has 0 aliphatic heterocycles. The highest BCUT2D eigenvalue weighted by atomic mass is 32.1. The molecule has 1 unspecified atom stereocenters. The number of carbonyl (C=O) groups is 2. The van der Waals surface area contributed by atoms with Crippen LogP contribution in [-0.2, 0) is 15.0 Å². The van der Waals surface area contributed by atoms with Crippen LogP contribution < -0.4 is 5.32 Å². The van der Waals surface area contributed by atoms with E-state index in [1.807, 2.05) is 18.4 Å². The summed E-state index contributed by atoms with van der Waals surface area (Å²) in [6, 6.07) is 4.07. The van der Waals surface area contributed by atoms with E-state index in [0.29, 0.717) is 25.3 Å². The molecule has 1 heterocycles. The SMILES string of the molecule is CC1C[C@H](C(=O)NCC(C)(C)c2cccs2)[C@H](C(=O)O)C1. The number of carboxylic acid groups (broad SMARTS) is 1. The van der Waals surface area contributed by atoms with Gasteiger partial charge in [0.2, 0.25) is 5.91 Å². The Morgan fingerprint density at radius 3 is 2.62 bits per heavy atom. The molecule has 1 aliphatic carbocycles. The highest BCUT2D eigenvalue weighted by molar-refractivity contribution is 7.10. The van der Waals surface area contributed by atoms with Gasteiger partial charge in [-0.3, -0.25) is 9.59 Å². The standard InChI is InChI=1S/C16H23NO3S/c1-10-7-11(12(8-10)15(19)20)14(18)17-9-16(2,3)13-5-4-6-21-13/h4-6,10-12H,7-9H2,1-3H3,(H,17,18)(H,19,20)/t10?,11-,12+/m0/s1. The van der Waals surface area contributed by atoms with E-state index in [-0.39, 0.29) is 11.3 Å². The second kappa shape index (κ2) is 6.18. The van der Waals surface area contributed by atoms with E-state index in [4.69, 9.17) is 0 Å². The first-order chi connectivity index (χ1) is 9.81. The minimum Gasteiger partial charge on any atom is -0.481 e. The Balaban J connectivity index is 1.97. The molecule has 0 radical (unpaired) electrons. The van der Waals surface area contributed by atoms with Crippen molar-refractivity contribution in [3.63, 3.8) is 0 Å². The van der Waals surface area contributed by atoms with Crippen molar-refractivity contribution < 1.29 is 14.7 Å². The number of amides is 1. The second-order valence-corrected chi connectivity index (χ2v) is 7.65. The minimum atomic E-state index is -0.850. The molecule has 116 valence electrons. The number of hydrogen-bond donors (Lipinski definition) is 2. The number of nitrogens with one attached hydrogen (secondary N) is 1. The van der Waals surface area contributed by atoms with Crippen LogP contribution in [0.2, 0.25) is 0 Å². The number of hydrogen-bond acceptors (Lipinski definition) is 3. The summed E-state index contributed by atoms with van der Waals surface area (Å²) in [6.45, 7) is 6.72. The van der Waals surface area contributed by atoms with Crippen molar-refractivity contribution in [2.24, 2.45) is 17.8 Å². The third-order valence-corrected chi connectivity index (χ3v) is 5.58. The van der Waals surface area contributed by atoms with Crippen LogP contribution in [0.15, 0.2) is 17.5 Å². The summed E-state index contributed by atoms with van der Waals surface area (Å²) >= 11 is 1.67. The van der Waals surface area contributed by atoms with Crippen LogP contribution in [0.3, 0.4) is 0 Å². The van der Waals surface area contributed by atoms with E-state index in [1.165, 1.54) is 4.88 Å². The second-order valence-electron chi connectivity index (χ2n) is 6.71. The molecule has 0 aromatic carbocycles. The van der Waals surface area contributed by atoms with Gasteiger partial charge in [-0.25, -0.2) is 0 Å². The quantitative estimate of drug-likeness (QED) is 0.879. The number of carbonyl (C=O) groups excluding carboxylic acids is 1. The molecule has 5 heteroatoms. The Labute approximate surface area is 129 Å². The van der Waals surface area contributed by atoms with Gasteiger partial charge in [-0.1, -0.05) is 26.8 Å². The lowest BCUT2D eigenvalue weighted by molar-refractivity contribution is -0.146. The highest BCUT2D eigenvalue weighted by Gasteiger charge is 2.41. The van der Waals surface area contributed by atoms with Crippen molar-refractivity contribution in [2.75, 3.05) is 6.54 Å². The van der Waals surface area contributed by atoms with Crippen molar-refractivity contribution >= 4 is 23.2 Å². The molecule has 1 amide bonds. The molecular weight excluding hydrogens is 286 g/mol. The first-order valence-corrected chi connectivity index (χ1v) is 8.23. The Kier molecular flexibility index (Phi) is 4.71. The van der Waals surface area contributed by atoms with E-state index in [0.717, 1.165) is 0 Å². The normalized spacial score (nSPS) is 25.8. The average Bonchev–Trinajstić information content (AvgIpc) is 3.05. The average molecular weight is 309 g/mol. The van der Waals surface area contributed by atoms with Gasteiger partial charge in [0.25, 0.3) is 0 Å². The number of rotatable bonds is 5. The monoisotopic (exact) mass is 309 g/mol. The fourth-order valence-electron chi connectivity index (χ4n) is 3.04. The van der Waals surface area contributed by atoms with Crippen LogP contribution in [0.4, 0.5) is 0 Å². The molecule has 0 bridgehead atoms. The van der Waals surface area contributed by atoms with E-state index < -0.39 is 17.8 Å². The molecule has 0 saturated heterocycles. The lowest BCUT2D eigenvalue weighted by Gasteiger charge is -2.25. The van der Waals surface area contributed by atoms with Gasteiger partial charge in [0.05, 0.1) is 11.8 Å². The Morgan fingerprint density at radius 2 is 2.05 bits per heavy atom. The predicted molar refractivity (Wildman–Crippen MR) is 83.4 cm³/mol. The van der Waals surface area contributed by atoms with Crippen LogP contribution in [0, 0.1) is 17.8 Å². The summed E-state index contributed by atoms with van der Waals surface area (Å²) in [5, 5.41) is 14.2. The van der Waals surface area contributed by atoms with Gasteiger partial charge in [0, 0.05) is 16.8 Å². The van der Waals surface area contributed by atoms with Gasteiger partial charge in [-0.15, -0.1) is 11.3 Å². The molecule has 1 saturated carbocycles. The van der Waals surface area contributed by atoms with Gasteiger partial charge >= 0.3 is 5.97 Å². The molecule has 3 atom stereocenters. The van der Waals surface area contributed by atoms with Crippen molar-refractivity contribution in [1.82, 2.24) is 5.32 Å². The Hall–Kier alpha value is -1.36. The zero-order valence-electron chi connectivity index (χ0n) is 12.8. The van der Waals surface area contributed by atoms with Crippen molar-refractivity contribution in [1.29, 1.82) is 0 Å². The molecule has 21 heavy (non-hydrogen) atoms. The largest absolute Gasteiger partial charge is 0.481 e. The third-order valence-electron chi connectivity index (χ3n) is 4.35.